The smallest absolute Gasteiger partial charge is 0.341 e. The molecule has 0 aromatic heterocycles. The van der Waals surface area contributed by atoms with Crippen LogP contribution in [-0.2, 0) is 23.8 Å². The van der Waals surface area contributed by atoms with Crippen LogP contribution in [0.15, 0.2) is 42.0 Å². The lowest BCUT2D eigenvalue weighted by molar-refractivity contribution is -0.147. The van der Waals surface area contributed by atoms with Crippen molar-refractivity contribution < 1.29 is 28.5 Å². The Morgan fingerprint density at radius 1 is 1.00 bits per heavy atom. The van der Waals surface area contributed by atoms with Gasteiger partial charge in [-0.1, -0.05) is 6.58 Å². The van der Waals surface area contributed by atoms with Crippen molar-refractivity contribution in [3.63, 3.8) is 0 Å². The fourth-order valence-corrected chi connectivity index (χ4v) is 3.44. The minimum atomic E-state index is -0.499. The van der Waals surface area contributed by atoms with Gasteiger partial charge in [0.05, 0.1) is 33.4 Å². The molecular formula is C22H28O6. The van der Waals surface area contributed by atoms with Gasteiger partial charge in [0.1, 0.15) is 17.1 Å². The number of methoxy groups -OCH3 is 3. The molecule has 0 aliphatic heterocycles. The van der Waals surface area contributed by atoms with Gasteiger partial charge in [-0.3, -0.25) is 4.79 Å². The van der Waals surface area contributed by atoms with E-state index in [2.05, 4.69) is 6.58 Å². The van der Waals surface area contributed by atoms with E-state index in [0.29, 0.717) is 34.6 Å². The molecule has 0 heterocycles. The molecule has 152 valence electrons. The minimum Gasteiger partial charge on any atom is -0.495 e. The molecule has 0 spiro atoms. The van der Waals surface area contributed by atoms with Crippen LogP contribution >= 0.6 is 0 Å². The highest BCUT2D eigenvalue weighted by molar-refractivity contribution is 6.00. The van der Waals surface area contributed by atoms with Crippen LogP contribution in [0.25, 0.3) is 5.76 Å². The first-order valence-corrected chi connectivity index (χ1v) is 9.28. The molecular weight excluding hydrogens is 360 g/mol. The van der Waals surface area contributed by atoms with Crippen LogP contribution in [-0.4, -0.2) is 39.4 Å². The standard InChI is InChI=1S/C22H28O6/c1-14(2)19(22(24)27-5)20(25-3)15-9-11-17(12-10-15)28-18-8-6-7-16(13-18)21(23)26-4/h9-12,16,18H,1,6-8,13H2,2-5H3/b20-19+. The van der Waals surface area contributed by atoms with E-state index in [9.17, 15) is 9.59 Å². The average molecular weight is 388 g/mol. The topological polar surface area (TPSA) is 71.1 Å². The Labute approximate surface area is 166 Å². The van der Waals surface area contributed by atoms with Crippen molar-refractivity contribution in [2.45, 2.75) is 38.7 Å². The molecule has 1 fully saturated rings. The fraction of sp³-hybridized carbons (Fsp3) is 0.455. The molecule has 6 nitrogen and oxygen atoms in total. The number of hydrogen-bond donors (Lipinski definition) is 0. The van der Waals surface area contributed by atoms with Crippen LogP contribution in [0.1, 0.15) is 38.2 Å². The molecule has 1 aromatic carbocycles. The maximum absolute atomic E-state index is 12.1. The van der Waals surface area contributed by atoms with E-state index in [-0.39, 0.29) is 18.0 Å². The van der Waals surface area contributed by atoms with Crippen LogP contribution in [0.3, 0.4) is 0 Å². The number of carbonyl (C=O) groups excluding carboxylic acids is 2. The molecule has 0 saturated heterocycles. The zero-order valence-corrected chi connectivity index (χ0v) is 16.9. The van der Waals surface area contributed by atoms with Gasteiger partial charge in [-0.2, -0.15) is 0 Å². The van der Waals surface area contributed by atoms with E-state index in [1.54, 1.807) is 6.92 Å². The molecule has 2 atom stereocenters. The van der Waals surface area contributed by atoms with Gasteiger partial charge in [0.2, 0.25) is 0 Å². The van der Waals surface area contributed by atoms with Crippen LogP contribution in [0.4, 0.5) is 0 Å². The fourth-order valence-electron chi connectivity index (χ4n) is 3.44. The largest absolute Gasteiger partial charge is 0.495 e. The Morgan fingerprint density at radius 2 is 1.68 bits per heavy atom. The minimum absolute atomic E-state index is 0.0258. The van der Waals surface area contributed by atoms with Crippen molar-refractivity contribution >= 4 is 17.7 Å². The number of carbonyl (C=O) groups is 2. The highest BCUT2D eigenvalue weighted by atomic mass is 16.5. The number of benzene rings is 1. The van der Waals surface area contributed by atoms with Crippen molar-refractivity contribution in [1.82, 2.24) is 0 Å². The molecule has 28 heavy (non-hydrogen) atoms. The Hall–Kier alpha value is -2.76. The third-order valence-electron chi connectivity index (χ3n) is 4.83. The molecule has 0 bridgehead atoms. The van der Waals surface area contributed by atoms with Crippen LogP contribution in [0, 0.1) is 5.92 Å². The maximum Gasteiger partial charge on any atom is 0.341 e. The number of hydrogen-bond acceptors (Lipinski definition) is 6. The lowest BCUT2D eigenvalue weighted by Gasteiger charge is -2.28. The summed E-state index contributed by atoms with van der Waals surface area (Å²) in [6.45, 7) is 5.57. The third-order valence-corrected chi connectivity index (χ3v) is 4.83. The van der Waals surface area contributed by atoms with E-state index in [1.807, 2.05) is 24.3 Å². The zero-order chi connectivity index (χ0) is 20.7. The van der Waals surface area contributed by atoms with Crippen molar-refractivity contribution in [1.29, 1.82) is 0 Å². The normalized spacial score (nSPS) is 19.9. The van der Waals surface area contributed by atoms with Crippen LogP contribution in [0.5, 0.6) is 5.75 Å². The van der Waals surface area contributed by atoms with Gasteiger partial charge >= 0.3 is 11.9 Å². The van der Waals surface area contributed by atoms with Gasteiger partial charge in [-0.25, -0.2) is 4.79 Å². The summed E-state index contributed by atoms with van der Waals surface area (Å²) in [5, 5.41) is 0. The Balaban J connectivity index is 2.17. The second-order valence-electron chi connectivity index (χ2n) is 6.83. The van der Waals surface area contributed by atoms with Gasteiger partial charge < -0.3 is 18.9 Å². The van der Waals surface area contributed by atoms with Crippen molar-refractivity contribution in [3.05, 3.63) is 47.6 Å². The first kappa shape index (κ1) is 21.5. The second kappa shape index (κ2) is 9.97. The summed E-state index contributed by atoms with van der Waals surface area (Å²) in [6, 6.07) is 7.29. The average Bonchev–Trinajstić information content (AvgIpc) is 2.71. The van der Waals surface area contributed by atoms with E-state index < -0.39 is 5.97 Å². The van der Waals surface area contributed by atoms with Gasteiger partial charge in [0.25, 0.3) is 0 Å². The summed E-state index contributed by atoms with van der Waals surface area (Å²) in [5.41, 5.74) is 1.57. The zero-order valence-electron chi connectivity index (χ0n) is 16.9. The SMILES string of the molecule is C=C(C)/C(C(=O)OC)=C(\OC)c1ccc(OC2CCCC(C(=O)OC)C2)cc1. The van der Waals surface area contributed by atoms with Crippen molar-refractivity contribution in [2.75, 3.05) is 21.3 Å². The lowest BCUT2D eigenvalue weighted by Crippen LogP contribution is -2.30. The second-order valence-corrected chi connectivity index (χ2v) is 6.83. The molecule has 2 rings (SSSR count). The maximum atomic E-state index is 12.1. The Morgan fingerprint density at radius 3 is 2.21 bits per heavy atom. The molecule has 2 unspecified atom stereocenters. The van der Waals surface area contributed by atoms with E-state index >= 15 is 0 Å². The van der Waals surface area contributed by atoms with E-state index in [1.165, 1.54) is 21.3 Å². The van der Waals surface area contributed by atoms with Gasteiger partial charge in [0.15, 0.2) is 0 Å². The summed E-state index contributed by atoms with van der Waals surface area (Å²) in [7, 11) is 4.24. The molecule has 0 radical (unpaired) electrons. The quantitative estimate of drug-likeness (QED) is 0.305. The molecule has 0 amide bonds. The molecule has 1 saturated carbocycles. The lowest BCUT2D eigenvalue weighted by atomic mass is 9.87. The van der Waals surface area contributed by atoms with Crippen molar-refractivity contribution in [2.24, 2.45) is 5.92 Å². The molecule has 0 N–H and O–H groups in total. The Kier molecular flexibility index (Phi) is 7.67. The van der Waals surface area contributed by atoms with Gasteiger partial charge in [-0.15, -0.1) is 0 Å². The summed E-state index contributed by atoms with van der Waals surface area (Å²) in [6.07, 6.45) is 3.30. The summed E-state index contributed by atoms with van der Waals surface area (Å²) in [5.74, 6) is 0.317. The monoisotopic (exact) mass is 388 g/mol. The molecule has 1 aromatic rings. The van der Waals surface area contributed by atoms with Gasteiger partial charge in [-0.05, 0) is 62.4 Å². The Bertz CT molecular complexity index is 747. The number of rotatable bonds is 7. The molecule has 1 aliphatic rings. The summed E-state index contributed by atoms with van der Waals surface area (Å²) >= 11 is 0. The van der Waals surface area contributed by atoms with E-state index in [0.717, 1.165) is 19.3 Å². The molecule has 6 heteroatoms. The van der Waals surface area contributed by atoms with Gasteiger partial charge in [0, 0.05) is 5.56 Å². The highest BCUT2D eigenvalue weighted by Gasteiger charge is 2.29. The van der Waals surface area contributed by atoms with E-state index in [4.69, 9.17) is 18.9 Å². The van der Waals surface area contributed by atoms with Crippen LogP contribution < -0.4 is 4.74 Å². The number of ether oxygens (including phenoxy) is 4. The molecule has 1 aliphatic carbocycles. The first-order chi connectivity index (χ1) is 13.4. The van der Waals surface area contributed by atoms with Crippen LogP contribution in [0.2, 0.25) is 0 Å². The summed E-state index contributed by atoms with van der Waals surface area (Å²) < 4.78 is 21.2. The third kappa shape index (κ3) is 5.15. The highest BCUT2D eigenvalue weighted by Crippen LogP contribution is 2.30. The summed E-state index contributed by atoms with van der Waals surface area (Å²) in [4.78, 5) is 23.9. The number of esters is 2. The first-order valence-electron chi connectivity index (χ1n) is 9.28. The predicted octanol–water partition coefficient (Wildman–Crippen LogP) is 3.90. The van der Waals surface area contributed by atoms with Crippen molar-refractivity contribution in [3.8, 4) is 5.75 Å². The predicted molar refractivity (Wildman–Crippen MR) is 106 cm³/mol.